The maximum atomic E-state index is 15.9. The summed E-state index contributed by atoms with van der Waals surface area (Å²) in [6.07, 6.45) is 11.2. The molecule has 0 aliphatic heterocycles. The molecule has 0 aliphatic carbocycles. The van der Waals surface area contributed by atoms with Crippen LogP contribution in [0, 0.1) is 23.5 Å². The molecule has 39 heavy (non-hydrogen) atoms. The van der Waals surface area contributed by atoms with E-state index >= 15 is 8.78 Å². The summed E-state index contributed by atoms with van der Waals surface area (Å²) in [5.41, 5.74) is 3.62. The van der Waals surface area contributed by atoms with Crippen LogP contribution in [0.2, 0.25) is 0 Å². The zero-order chi connectivity index (χ0) is 28.1. The highest BCUT2D eigenvalue weighted by atomic mass is 79.9. The van der Waals surface area contributed by atoms with E-state index < -0.39 is 11.6 Å². The third-order valence-corrected chi connectivity index (χ3v) is 12.2. The fourth-order valence-electron chi connectivity index (χ4n) is 5.24. The molecular formula is C30H36Br2F2N2S3. The predicted octanol–water partition coefficient (Wildman–Crippen LogP) is 12.5. The van der Waals surface area contributed by atoms with E-state index in [0.717, 1.165) is 56.1 Å². The van der Waals surface area contributed by atoms with Crippen molar-refractivity contribution in [2.75, 3.05) is 0 Å². The van der Waals surface area contributed by atoms with Gasteiger partial charge in [-0.1, -0.05) is 79.1 Å². The number of thiophene rings is 2. The van der Waals surface area contributed by atoms with E-state index in [1.165, 1.54) is 61.2 Å². The molecule has 4 aromatic rings. The van der Waals surface area contributed by atoms with Gasteiger partial charge in [0.05, 0.1) is 30.4 Å². The van der Waals surface area contributed by atoms with Gasteiger partial charge in [-0.3, -0.25) is 0 Å². The molecule has 0 fully saturated rings. The van der Waals surface area contributed by atoms with Gasteiger partial charge in [0.25, 0.3) is 0 Å². The molecule has 0 saturated heterocycles. The number of nitrogens with zero attached hydrogens (tertiary/aromatic N) is 2. The van der Waals surface area contributed by atoms with Gasteiger partial charge in [-0.2, -0.15) is 8.75 Å². The molecule has 212 valence electrons. The lowest BCUT2D eigenvalue weighted by atomic mass is 9.92. The molecule has 9 heteroatoms. The van der Waals surface area contributed by atoms with Gasteiger partial charge in [-0.05, 0) is 79.8 Å². The van der Waals surface area contributed by atoms with Crippen LogP contribution in [0.3, 0.4) is 0 Å². The summed E-state index contributed by atoms with van der Waals surface area (Å²) >= 11 is 11.3. The zero-order valence-corrected chi connectivity index (χ0v) is 28.6. The highest BCUT2D eigenvalue weighted by Gasteiger charge is 2.28. The normalized spacial score (nSPS) is 13.4. The van der Waals surface area contributed by atoms with Gasteiger partial charge >= 0.3 is 0 Å². The van der Waals surface area contributed by atoms with Crippen LogP contribution in [0.1, 0.15) is 90.2 Å². The van der Waals surface area contributed by atoms with Gasteiger partial charge in [-0.25, -0.2) is 8.78 Å². The second kappa shape index (κ2) is 14.4. The Kier molecular flexibility index (Phi) is 11.5. The summed E-state index contributed by atoms with van der Waals surface area (Å²) in [4.78, 5) is 1.38. The van der Waals surface area contributed by atoms with Crippen molar-refractivity contribution in [3.8, 4) is 20.9 Å². The maximum Gasteiger partial charge on any atom is 0.170 e. The number of rotatable bonds is 14. The molecule has 0 amide bonds. The van der Waals surface area contributed by atoms with Crippen molar-refractivity contribution in [2.24, 2.45) is 11.8 Å². The number of fused-ring (bicyclic) bond motifs is 1. The van der Waals surface area contributed by atoms with Crippen molar-refractivity contribution in [1.82, 2.24) is 8.75 Å². The summed E-state index contributed by atoms with van der Waals surface area (Å²) in [5.74, 6) is -0.531. The number of benzene rings is 1. The molecule has 3 aromatic heterocycles. The minimum absolute atomic E-state index is 0.222. The molecule has 0 spiro atoms. The quantitative estimate of drug-likeness (QED) is 0.130. The smallest absolute Gasteiger partial charge is 0.170 e. The molecule has 4 rings (SSSR count). The van der Waals surface area contributed by atoms with Crippen molar-refractivity contribution in [3.63, 3.8) is 0 Å². The topological polar surface area (TPSA) is 25.8 Å². The van der Waals surface area contributed by atoms with Crippen molar-refractivity contribution in [3.05, 3.63) is 42.5 Å². The first-order valence-corrected chi connectivity index (χ1v) is 18.0. The number of hydrogen-bond acceptors (Lipinski definition) is 5. The second-order valence-electron chi connectivity index (χ2n) is 10.4. The summed E-state index contributed by atoms with van der Waals surface area (Å²) < 4.78 is 42.8. The molecule has 0 bridgehead atoms. The second-order valence-corrected chi connectivity index (χ2v) is 15.7. The van der Waals surface area contributed by atoms with Crippen molar-refractivity contribution < 1.29 is 8.78 Å². The van der Waals surface area contributed by atoms with Crippen LogP contribution >= 0.6 is 66.3 Å². The van der Waals surface area contributed by atoms with Gasteiger partial charge < -0.3 is 0 Å². The minimum Gasteiger partial charge on any atom is -0.203 e. The third kappa shape index (κ3) is 7.02. The van der Waals surface area contributed by atoms with Gasteiger partial charge in [0.15, 0.2) is 11.6 Å². The molecule has 2 nitrogen and oxygen atoms in total. The van der Waals surface area contributed by atoms with Crippen molar-refractivity contribution in [1.29, 1.82) is 0 Å². The standard InChI is InChI=1S/C30H36Br2F2N2S3/c1-5-9-11-17(7-3)13-19-15-21(37-29(19)31)23-25(33)26(34)24(28-27(23)35-39-36-28)22-16-20(30(32)38-22)14-18(8-4)12-10-6-2/h15-18H,5-14H2,1-4H3/t17-,18-/m0/s1. The average molecular weight is 719 g/mol. The summed E-state index contributed by atoms with van der Waals surface area (Å²) in [6.45, 7) is 8.87. The number of aromatic nitrogens is 2. The Labute approximate surface area is 260 Å². The van der Waals surface area contributed by atoms with Crippen LogP contribution in [0.4, 0.5) is 8.78 Å². The third-order valence-electron chi connectivity index (χ3n) is 7.71. The highest BCUT2D eigenvalue weighted by molar-refractivity contribution is 9.11. The van der Waals surface area contributed by atoms with E-state index in [2.05, 4.69) is 68.3 Å². The highest BCUT2D eigenvalue weighted by Crippen LogP contribution is 2.46. The van der Waals surface area contributed by atoms with Gasteiger partial charge in [-0.15, -0.1) is 22.7 Å². The fourth-order valence-corrected chi connectivity index (χ4v) is 9.31. The van der Waals surface area contributed by atoms with Crippen LogP contribution in [-0.4, -0.2) is 8.75 Å². The summed E-state index contributed by atoms with van der Waals surface area (Å²) in [6, 6.07) is 4.03. The first kappa shape index (κ1) is 31.2. The first-order valence-electron chi connectivity index (χ1n) is 14.0. The number of unbranched alkanes of at least 4 members (excludes halogenated alkanes) is 2. The van der Waals surface area contributed by atoms with E-state index in [1.807, 2.05) is 12.1 Å². The molecule has 2 atom stereocenters. The molecule has 0 saturated carbocycles. The van der Waals surface area contributed by atoms with E-state index in [0.29, 0.717) is 32.6 Å². The van der Waals surface area contributed by atoms with Crippen LogP contribution in [0.5, 0.6) is 0 Å². The first-order chi connectivity index (χ1) is 18.8. The van der Waals surface area contributed by atoms with E-state index in [4.69, 9.17) is 0 Å². The molecule has 1 aromatic carbocycles. The van der Waals surface area contributed by atoms with Crippen molar-refractivity contribution in [2.45, 2.75) is 91.9 Å². The van der Waals surface area contributed by atoms with E-state index in [-0.39, 0.29) is 11.1 Å². The Bertz CT molecular complexity index is 1290. The molecular weight excluding hydrogens is 682 g/mol. The lowest BCUT2D eigenvalue weighted by molar-refractivity contribution is 0.449. The molecule has 3 heterocycles. The molecule has 0 N–H and O–H groups in total. The van der Waals surface area contributed by atoms with E-state index in [9.17, 15) is 0 Å². The van der Waals surface area contributed by atoms with Gasteiger partial charge in [0.2, 0.25) is 0 Å². The molecule has 0 unspecified atom stereocenters. The largest absolute Gasteiger partial charge is 0.203 e. The number of halogens is 4. The Morgan fingerprint density at radius 3 is 1.49 bits per heavy atom. The minimum atomic E-state index is -0.844. The number of hydrogen-bond donors (Lipinski definition) is 0. The average Bonchev–Trinajstić information content (AvgIpc) is 3.64. The molecule has 0 aliphatic rings. The van der Waals surface area contributed by atoms with Gasteiger partial charge in [0, 0.05) is 9.75 Å². The predicted molar refractivity (Wildman–Crippen MR) is 173 cm³/mol. The maximum absolute atomic E-state index is 15.9. The Morgan fingerprint density at radius 2 is 1.13 bits per heavy atom. The summed E-state index contributed by atoms with van der Waals surface area (Å²) in [7, 11) is 0. The SMILES string of the molecule is CCCC[C@H](CC)Cc1cc(-c2c(F)c(F)c(-c3cc(C[C@@H](CC)CCCC)c(Br)s3)c3nsnc23)sc1Br. The lowest BCUT2D eigenvalue weighted by Gasteiger charge is -2.13. The van der Waals surface area contributed by atoms with Gasteiger partial charge in [0.1, 0.15) is 11.0 Å². The monoisotopic (exact) mass is 716 g/mol. The lowest BCUT2D eigenvalue weighted by Crippen LogP contribution is -2.03. The van der Waals surface area contributed by atoms with E-state index in [1.54, 1.807) is 0 Å². The Hall–Kier alpha value is -0.740. The fraction of sp³-hybridized carbons (Fsp3) is 0.533. The Balaban J connectivity index is 1.72. The zero-order valence-electron chi connectivity index (χ0n) is 23.0. The van der Waals surface area contributed by atoms with Crippen molar-refractivity contribution >= 4 is 77.3 Å². The molecule has 0 radical (unpaired) electrons. The van der Waals surface area contributed by atoms with Crippen LogP contribution < -0.4 is 0 Å². The van der Waals surface area contributed by atoms with Crippen LogP contribution in [-0.2, 0) is 12.8 Å². The Morgan fingerprint density at radius 1 is 0.718 bits per heavy atom. The van der Waals surface area contributed by atoms with Crippen LogP contribution in [0.15, 0.2) is 19.7 Å². The summed E-state index contributed by atoms with van der Waals surface area (Å²) in [5, 5.41) is 0. The van der Waals surface area contributed by atoms with Crippen LogP contribution in [0.25, 0.3) is 31.9 Å².